The van der Waals surface area contributed by atoms with Crippen LogP contribution in [0.25, 0.3) is 187 Å². The highest BCUT2D eigenvalue weighted by Crippen LogP contribution is 2.46. The first-order valence-corrected chi connectivity index (χ1v) is 41.7. The fourth-order valence-electron chi connectivity index (χ4n) is 14.9. The molecule has 120 heavy (non-hydrogen) atoms. The first kappa shape index (κ1) is 76.0. The Kier molecular flexibility index (Phi) is 21.0. The average Bonchev–Trinajstić information content (AvgIpc) is 1.59. The molecule has 0 N–H and O–H groups in total. The number of benzene rings is 14. The molecular formula is C104H74BClN10O2S2. The van der Waals surface area contributed by atoms with Gasteiger partial charge in [0.1, 0.15) is 5.15 Å². The topological polar surface area (TPSA) is 147 Å². The first-order valence-electron chi connectivity index (χ1n) is 39.7. The quantitative estimate of drug-likeness (QED) is 0.0754. The van der Waals surface area contributed by atoms with Crippen LogP contribution < -0.4 is 5.46 Å². The van der Waals surface area contributed by atoms with E-state index in [-0.39, 0.29) is 0 Å². The van der Waals surface area contributed by atoms with Crippen molar-refractivity contribution >= 4 is 87.2 Å². The zero-order chi connectivity index (χ0) is 81.1. The van der Waals surface area contributed by atoms with Crippen molar-refractivity contribution in [3.05, 3.63) is 381 Å². The minimum atomic E-state index is -0.448. The third kappa shape index (κ3) is 15.9. The fourth-order valence-corrected chi connectivity index (χ4v) is 17.4. The van der Waals surface area contributed by atoms with Gasteiger partial charge in [-0.15, -0.1) is 22.7 Å². The molecule has 12 nitrogen and oxygen atoms in total. The Morgan fingerprint density at radius 2 is 0.500 bits per heavy atom. The molecule has 21 rings (SSSR count). The van der Waals surface area contributed by atoms with Crippen LogP contribution in [0.3, 0.4) is 0 Å². The van der Waals surface area contributed by atoms with Gasteiger partial charge in [0.05, 0.1) is 28.3 Å². The van der Waals surface area contributed by atoms with Crippen LogP contribution in [-0.2, 0) is 9.31 Å². The van der Waals surface area contributed by atoms with Crippen molar-refractivity contribution < 1.29 is 9.31 Å². The average molecular weight is 1610 g/mol. The Balaban J connectivity index is 0.000000132. The number of hydrogen-bond donors (Lipinski definition) is 0. The molecule has 0 bridgehead atoms. The molecule has 16 heteroatoms. The maximum Gasteiger partial charge on any atom is 0.494 e. The SMILES string of the molecule is CC1(C)OB(c2cc(-c3ccc(-c4nc(-c5ccccc5)nc(-c5ccccc5)n4)cc3)c3c(c2)sc2ccccc23)OC1(C)C.Clc1cc(-c2ccccc2)nc(-c2ccccc2)n1.c1ccc(-c2cc(-c3cc(-c4ccc(-c5nc(-c6ccccc6)nc(-c6ccccc6)n5)cc4)c4c(c3)sc3ccccc34)nc(-c3ccccc3)n2)cc1. The predicted octanol–water partition coefficient (Wildman–Crippen LogP) is 26.4. The summed E-state index contributed by atoms with van der Waals surface area (Å²) in [5, 5.41) is 5.41. The molecule has 0 aliphatic carbocycles. The van der Waals surface area contributed by atoms with E-state index >= 15 is 0 Å². The highest BCUT2D eigenvalue weighted by molar-refractivity contribution is 7.26. The minimum Gasteiger partial charge on any atom is -0.399 e. The predicted molar refractivity (Wildman–Crippen MR) is 494 cm³/mol. The van der Waals surface area contributed by atoms with Crippen molar-refractivity contribution in [2.24, 2.45) is 0 Å². The van der Waals surface area contributed by atoms with E-state index < -0.39 is 18.3 Å². The first-order chi connectivity index (χ1) is 58.8. The lowest BCUT2D eigenvalue weighted by atomic mass is 9.77. The molecule has 0 amide bonds. The van der Waals surface area contributed by atoms with Crippen molar-refractivity contribution in [2.75, 3.05) is 0 Å². The molecule has 1 aliphatic heterocycles. The number of aromatic nitrogens is 10. The number of nitrogens with zero attached hydrogens (tertiary/aromatic N) is 10. The van der Waals surface area contributed by atoms with Crippen LogP contribution in [0.15, 0.2) is 376 Å². The Labute approximate surface area is 708 Å². The van der Waals surface area contributed by atoms with E-state index in [2.05, 4.69) is 189 Å². The number of hydrogen-bond acceptors (Lipinski definition) is 14. The van der Waals surface area contributed by atoms with Gasteiger partial charge in [-0.3, -0.25) is 0 Å². The van der Waals surface area contributed by atoms with Crippen LogP contribution in [0.4, 0.5) is 0 Å². The summed E-state index contributed by atoms with van der Waals surface area (Å²) in [7, 11) is -0.448. The molecule has 0 radical (unpaired) electrons. The van der Waals surface area contributed by atoms with E-state index in [1.54, 1.807) is 17.4 Å². The van der Waals surface area contributed by atoms with E-state index in [4.69, 9.17) is 60.8 Å². The van der Waals surface area contributed by atoms with E-state index in [1.807, 2.05) is 230 Å². The van der Waals surface area contributed by atoms with Gasteiger partial charge in [-0.1, -0.05) is 345 Å². The molecule has 6 aromatic heterocycles. The zero-order valence-corrected chi connectivity index (χ0v) is 68.2. The van der Waals surface area contributed by atoms with Crippen molar-refractivity contribution in [3.63, 3.8) is 0 Å². The summed E-state index contributed by atoms with van der Waals surface area (Å²) < 4.78 is 17.9. The second kappa shape index (κ2) is 33.2. The largest absolute Gasteiger partial charge is 0.494 e. The lowest BCUT2D eigenvalue weighted by molar-refractivity contribution is 0.00578. The van der Waals surface area contributed by atoms with Crippen LogP contribution in [0.5, 0.6) is 0 Å². The van der Waals surface area contributed by atoms with Crippen LogP contribution in [-0.4, -0.2) is 68.2 Å². The van der Waals surface area contributed by atoms with Crippen LogP contribution >= 0.6 is 34.3 Å². The Bertz CT molecular complexity index is 6840. The Morgan fingerprint density at radius 3 is 0.858 bits per heavy atom. The van der Waals surface area contributed by atoms with Gasteiger partial charge in [0.25, 0.3) is 0 Å². The normalized spacial score (nSPS) is 12.8. The summed E-state index contributed by atoms with van der Waals surface area (Å²) in [5.41, 5.74) is 17.9. The monoisotopic (exact) mass is 1600 g/mol. The van der Waals surface area contributed by atoms with E-state index in [0.29, 0.717) is 51.7 Å². The molecule has 1 saturated heterocycles. The lowest BCUT2D eigenvalue weighted by Gasteiger charge is -2.32. The van der Waals surface area contributed by atoms with Crippen molar-refractivity contribution in [3.8, 4) is 147 Å². The molecule has 574 valence electrons. The number of halogens is 1. The second-order valence-electron chi connectivity index (χ2n) is 30.2. The Morgan fingerprint density at radius 1 is 0.233 bits per heavy atom. The number of thiophene rings is 2. The molecule has 0 unspecified atom stereocenters. The summed E-state index contributed by atoms with van der Waals surface area (Å²) in [6.07, 6.45) is 0. The molecule has 0 spiro atoms. The molecule has 0 atom stereocenters. The van der Waals surface area contributed by atoms with Crippen LogP contribution in [0.1, 0.15) is 27.7 Å². The molecule has 1 fully saturated rings. The molecular weight excluding hydrogens is 1530 g/mol. The molecule has 14 aromatic carbocycles. The summed E-state index contributed by atoms with van der Waals surface area (Å²) in [5.74, 6) is 5.18. The molecule has 1 aliphatic rings. The second-order valence-corrected chi connectivity index (χ2v) is 32.7. The van der Waals surface area contributed by atoms with Gasteiger partial charge < -0.3 is 9.31 Å². The summed E-state index contributed by atoms with van der Waals surface area (Å²) in [6, 6.07) is 128. The Hall–Kier alpha value is -14.0. The van der Waals surface area contributed by atoms with Crippen molar-refractivity contribution in [2.45, 2.75) is 38.9 Å². The maximum atomic E-state index is 6.50. The van der Waals surface area contributed by atoms with E-state index in [1.165, 1.54) is 40.3 Å². The highest BCUT2D eigenvalue weighted by Gasteiger charge is 2.52. The lowest BCUT2D eigenvalue weighted by Crippen LogP contribution is -2.41. The maximum absolute atomic E-state index is 6.50. The smallest absolute Gasteiger partial charge is 0.399 e. The van der Waals surface area contributed by atoms with Gasteiger partial charge >= 0.3 is 7.12 Å². The summed E-state index contributed by atoms with van der Waals surface area (Å²) in [4.78, 5) is 48.6. The fraction of sp³-hybridized carbons (Fsp3) is 0.0577. The van der Waals surface area contributed by atoms with Gasteiger partial charge in [-0.2, -0.15) is 0 Å². The zero-order valence-electron chi connectivity index (χ0n) is 65.9. The van der Waals surface area contributed by atoms with Gasteiger partial charge in [0, 0.05) is 108 Å². The molecule has 0 saturated carbocycles. The number of rotatable bonds is 14. The van der Waals surface area contributed by atoms with Gasteiger partial charge in [-0.25, -0.2) is 49.8 Å². The third-order valence-electron chi connectivity index (χ3n) is 21.7. The van der Waals surface area contributed by atoms with Crippen LogP contribution in [0, 0.1) is 0 Å². The molecule has 20 aromatic rings. The van der Waals surface area contributed by atoms with E-state index in [0.717, 1.165) is 106 Å². The third-order valence-corrected chi connectivity index (χ3v) is 24.2. The van der Waals surface area contributed by atoms with Crippen molar-refractivity contribution in [1.82, 2.24) is 49.8 Å². The minimum absolute atomic E-state index is 0.420. The summed E-state index contributed by atoms with van der Waals surface area (Å²) in [6.45, 7) is 8.38. The number of fused-ring (bicyclic) bond motifs is 6. The van der Waals surface area contributed by atoms with Gasteiger partial charge in [-0.05, 0) is 91.8 Å². The van der Waals surface area contributed by atoms with Crippen molar-refractivity contribution in [1.29, 1.82) is 0 Å². The molecule has 7 heterocycles. The van der Waals surface area contributed by atoms with Gasteiger partial charge in [0.2, 0.25) is 0 Å². The van der Waals surface area contributed by atoms with Crippen LogP contribution in [0.2, 0.25) is 5.15 Å². The van der Waals surface area contributed by atoms with E-state index in [9.17, 15) is 0 Å². The highest BCUT2D eigenvalue weighted by atomic mass is 35.5. The van der Waals surface area contributed by atoms with Gasteiger partial charge in [0.15, 0.2) is 46.6 Å². The standard InChI is InChI=1S/C49H31N5S.C39H32BN3O2S.C16H11ClN2/c1-5-15-33(16-6-1)41-31-42(51-46(50-41)34-17-7-2-8-18-34)38-29-40(45-39-23-13-14-24-43(39)55-44(45)30-38)32-25-27-37(28-26-32)49-53-47(35-19-9-3-10-20-35)52-48(54-49)36-21-11-4-12-22-36;1-38(2)39(3,4)45-40(44-38)29-23-31(34-30-17-11-12-18-32(30)46-33(34)24-29)25-19-21-28(22-20-25)37-42-35(26-13-7-5-8-14-26)41-36(43-37)27-15-9-6-10-16-27;17-15-11-14(12-7-3-1-4-8-12)18-16(19-15)13-9-5-2-6-10-13/h1-31H;5-24H,1-4H3;1-11H. The summed E-state index contributed by atoms with van der Waals surface area (Å²) >= 11 is 9.71.